The first-order chi connectivity index (χ1) is 7.63. The molecule has 0 radical (unpaired) electrons. The minimum absolute atomic E-state index is 0.179. The number of rotatable bonds is 4. The van der Waals surface area contributed by atoms with Crippen molar-refractivity contribution >= 4 is 10.0 Å². The molecule has 0 aromatic rings. The first-order valence-electron chi connectivity index (χ1n) is 6.30. The maximum atomic E-state index is 12.4. The van der Waals surface area contributed by atoms with Crippen molar-refractivity contribution in [2.75, 3.05) is 19.3 Å². The second kappa shape index (κ2) is 4.86. The Bertz CT molecular complexity index is 351. The van der Waals surface area contributed by atoms with Gasteiger partial charge in [0.25, 0.3) is 0 Å². The van der Waals surface area contributed by atoms with E-state index >= 15 is 0 Å². The molecule has 17 heavy (non-hydrogen) atoms. The summed E-state index contributed by atoms with van der Waals surface area (Å²) in [6.45, 7) is 6.26. The van der Waals surface area contributed by atoms with Gasteiger partial charge in [0.15, 0.2) is 0 Å². The summed E-state index contributed by atoms with van der Waals surface area (Å²) in [5, 5.41) is 0. The van der Waals surface area contributed by atoms with Gasteiger partial charge in [-0.05, 0) is 18.3 Å². The van der Waals surface area contributed by atoms with Crippen molar-refractivity contribution in [1.29, 1.82) is 0 Å². The standard InChI is InChI=1S/C12H26N2O2S/c1-11(2,3)10-17(15,16)14(4)12(9-13)7-5-6-8-12/h5-10,13H2,1-4H3. The van der Waals surface area contributed by atoms with Gasteiger partial charge in [-0.15, -0.1) is 0 Å². The number of sulfonamides is 1. The van der Waals surface area contributed by atoms with Crippen LogP contribution in [0.15, 0.2) is 0 Å². The minimum atomic E-state index is -3.22. The molecule has 1 fully saturated rings. The number of hydrogen-bond acceptors (Lipinski definition) is 3. The molecular weight excluding hydrogens is 236 g/mol. The number of nitrogens with zero attached hydrogens (tertiary/aromatic N) is 1. The van der Waals surface area contributed by atoms with Crippen molar-refractivity contribution < 1.29 is 8.42 Å². The highest BCUT2D eigenvalue weighted by Gasteiger charge is 2.42. The van der Waals surface area contributed by atoms with Gasteiger partial charge in [-0.2, -0.15) is 4.31 Å². The zero-order valence-corrected chi connectivity index (χ0v) is 12.3. The Morgan fingerprint density at radius 3 is 2.06 bits per heavy atom. The molecule has 102 valence electrons. The lowest BCUT2D eigenvalue weighted by molar-refractivity contribution is 0.228. The molecular formula is C12H26N2O2S. The fourth-order valence-electron chi connectivity index (χ4n) is 2.62. The molecule has 4 nitrogen and oxygen atoms in total. The summed E-state index contributed by atoms with van der Waals surface area (Å²) in [4.78, 5) is 0. The summed E-state index contributed by atoms with van der Waals surface area (Å²) in [5.74, 6) is 0.179. The van der Waals surface area contributed by atoms with E-state index in [9.17, 15) is 8.42 Å². The molecule has 0 atom stereocenters. The Hall–Kier alpha value is -0.130. The average molecular weight is 262 g/mol. The third-order valence-electron chi connectivity index (χ3n) is 3.61. The van der Waals surface area contributed by atoms with Crippen molar-refractivity contribution in [3.8, 4) is 0 Å². The van der Waals surface area contributed by atoms with Gasteiger partial charge in [-0.3, -0.25) is 0 Å². The molecule has 0 saturated heterocycles. The molecule has 0 aliphatic heterocycles. The molecule has 1 aliphatic rings. The molecule has 0 aromatic heterocycles. The van der Waals surface area contributed by atoms with E-state index in [0.717, 1.165) is 25.7 Å². The van der Waals surface area contributed by atoms with E-state index in [0.29, 0.717) is 6.54 Å². The van der Waals surface area contributed by atoms with E-state index < -0.39 is 10.0 Å². The van der Waals surface area contributed by atoms with E-state index in [2.05, 4.69) is 0 Å². The largest absolute Gasteiger partial charge is 0.329 e. The smallest absolute Gasteiger partial charge is 0.214 e. The normalized spacial score (nSPS) is 21.1. The number of hydrogen-bond donors (Lipinski definition) is 1. The summed E-state index contributed by atoms with van der Waals surface area (Å²) in [6, 6.07) is 0. The lowest BCUT2D eigenvalue weighted by Gasteiger charge is -2.38. The minimum Gasteiger partial charge on any atom is -0.329 e. The first-order valence-corrected chi connectivity index (χ1v) is 7.91. The highest BCUT2D eigenvalue weighted by Crippen LogP contribution is 2.36. The molecule has 1 rings (SSSR count). The number of nitrogens with two attached hydrogens (primary N) is 1. The maximum Gasteiger partial charge on any atom is 0.214 e. The first kappa shape index (κ1) is 14.9. The molecule has 5 heteroatoms. The summed E-state index contributed by atoms with van der Waals surface area (Å²) >= 11 is 0. The van der Waals surface area contributed by atoms with Gasteiger partial charge < -0.3 is 5.73 Å². The van der Waals surface area contributed by atoms with Crippen LogP contribution in [0, 0.1) is 5.41 Å². The van der Waals surface area contributed by atoms with Crippen LogP contribution in [-0.2, 0) is 10.0 Å². The molecule has 2 N–H and O–H groups in total. The SMILES string of the molecule is CN(C1(CN)CCCC1)S(=O)(=O)CC(C)(C)C. The Balaban J connectivity index is 2.91. The van der Waals surface area contributed by atoms with Gasteiger partial charge in [-0.25, -0.2) is 8.42 Å². The fourth-order valence-corrected chi connectivity index (χ4v) is 4.76. The van der Waals surface area contributed by atoms with Crippen LogP contribution in [0.3, 0.4) is 0 Å². The Labute approximate surface area is 106 Å². The molecule has 0 aromatic carbocycles. The molecule has 0 unspecified atom stereocenters. The van der Waals surface area contributed by atoms with Crippen molar-refractivity contribution in [3.63, 3.8) is 0 Å². The van der Waals surface area contributed by atoms with Crippen LogP contribution < -0.4 is 5.73 Å². The summed E-state index contributed by atoms with van der Waals surface area (Å²) in [5.41, 5.74) is 5.27. The predicted octanol–water partition coefficient (Wildman–Crippen LogP) is 1.57. The summed E-state index contributed by atoms with van der Waals surface area (Å²) < 4.78 is 26.3. The average Bonchev–Trinajstić information content (AvgIpc) is 2.62. The monoisotopic (exact) mass is 262 g/mol. The second-order valence-electron chi connectivity index (χ2n) is 6.42. The third kappa shape index (κ3) is 3.42. The van der Waals surface area contributed by atoms with Gasteiger partial charge >= 0.3 is 0 Å². The van der Waals surface area contributed by atoms with Crippen LogP contribution in [0.5, 0.6) is 0 Å². The zero-order valence-electron chi connectivity index (χ0n) is 11.5. The summed E-state index contributed by atoms with van der Waals surface area (Å²) in [6.07, 6.45) is 3.94. The highest BCUT2D eigenvalue weighted by atomic mass is 32.2. The van der Waals surface area contributed by atoms with Crippen LogP contribution in [0.2, 0.25) is 0 Å². The van der Waals surface area contributed by atoms with E-state index in [-0.39, 0.29) is 16.7 Å². The lowest BCUT2D eigenvalue weighted by Crippen LogP contribution is -2.53. The van der Waals surface area contributed by atoms with Crippen molar-refractivity contribution in [1.82, 2.24) is 4.31 Å². The topological polar surface area (TPSA) is 63.4 Å². The predicted molar refractivity (Wildman–Crippen MR) is 71.3 cm³/mol. The molecule has 0 bridgehead atoms. The van der Waals surface area contributed by atoms with E-state index in [1.165, 1.54) is 0 Å². The number of likely N-dealkylation sites (N-methyl/N-ethyl adjacent to an activating group) is 1. The Morgan fingerprint density at radius 1 is 1.24 bits per heavy atom. The van der Waals surface area contributed by atoms with Gasteiger partial charge in [0.2, 0.25) is 10.0 Å². The third-order valence-corrected chi connectivity index (χ3v) is 6.07. The summed E-state index contributed by atoms with van der Waals surface area (Å²) in [7, 11) is -1.52. The Morgan fingerprint density at radius 2 is 1.71 bits per heavy atom. The zero-order chi connectivity index (χ0) is 13.3. The van der Waals surface area contributed by atoms with E-state index in [4.69, 9.17) is 5.73 Å². The van der Waals surface area contributed by atoms with Crippen LogP contribution in [0.25, 0.3) is 0 Å². The molecule has 1 aliphatic carbocycles. The lowest BCUT2D eigenvalue weighted by atomic mass is 9.98. The van der Waals surface area contributed by atoms with Gasteiger partial charge in [-0.1, -0.05) is 33.6 Å². The maximum absolute atomic E-state index is 12.4. The van der Waals surface area contributed by atoms with E-state index in [1.54, 1.807) is 11.4 Å². The molecule has 0 heterocycles. The van der Waals surface area contributed by atoms with Crippen LogP contribution in [0.4, 0.5) is 0 Å². The van der Waals surface area contributed by atoms with Crippen LogP contribution >= 0.6 is 0 Å². The molecule has 1 saturated carbocycles. The van der Waals surface area contributed by atoms with Crippen molar-refractivity contribution in [2.45, 2.75) is 52.0 Å². The highest BCUT2D eigenvalue weighted by molar-refractivity contribution is 7.89. The fraction of sp³-hybridized carbons (Fsp3) is 1.00. The van der Waals surface area contributed by atoms with E-state index in [1.807, 2.05) is 20.8 Å². The molecule has 0 spiro atoms. The quantitative estimate of drug-likeness (QED) is 0.836. The van der Waals surface area contributed by atoms with Crippen molar-refractivity contribution in [3.05, 3.63) is 0 Å². The molecule has 0 amide bonds. The van der Waals surface area contributed by atoms with Gasteiger partial charge in [0, 0.05) is 19.1 Å². The van der Waals surface area contributed by atoms with Crippen LogP contribution in [-0.4, -0.2) is 37.6 Å². The van der Waals surface area contributed by atoms with Crippen LogP contribution in [0.1, 0.15) is 46.5 Å². The second-order valence-corrected chi connectivity index (χ2v) is 8.42. The van der Waals surface area contributed by atoms with Gasteiger partial charge in [0.05, 0.1) is 5.75 Å². The van der Waals surface area contributed by atoms with Crippen molar-refractivity contribution in [2.24, 2.45) is 11.1 Å². The Kier molecular flexibility index (Phi) is 4.27. The van der Waals surface area contributed by atoms with Gasteiger partial charge in [0.1, 0.15) is 0 Å².